The average molecular weight is 401 g/mol. The molecule has 0 aromatic rings. The molecule has 4 heteroatoms. The van der Waals surface area contributed by atoms with Crippen LogP contribution in [0.4, 0.5) is 4.39 Å². The fourth-order valence-electron chi connectivity index (χ4n) is 9.64. The van der Waals surface area contributed by atoms with E-state index >= 15 is 4.39 Å². The Morgan fingerprint density at radius 3 is 2.55 bits per heavy atom. The zero-order valence-electron chi connectivity index (χ0n) is 18.0. The molecule has 5 fully saturated rings. The molecule has 1 heterocycles. The molecule has 0 amide bonds. The Bertz CT molecular complexity index is 849. The van der Waals surface area contributed by atoms with Crippen molar-refractivity contribution in [1.82, 2.24) is 0 Å². The third-order valence-electron chi connectivity index (χ3n) is 10.9. The van der Waals surface area contributed by atoms with Crippen LogP contribution in [0.25, 0.3) is 0 Å². The summed E-state index contributed by atoms with van der Waals surface area (Å²) in [5.74, 6) is 2.54. The molecule has 3 nitrogen and oxygen atoms in total. The number of ether oxygens (including phenoxy) is 1. The Kier molecular flexibility index (Phi) is 3.42. The lowest BCUT2D eigenvalue weighted by Crippen LogP contribution is -2.63. The highest BCUT2D eigenvalue weighted by Gasteiger charge is 2.81. The first-order valence-electron chi connectivity index (χ1n) is 11.7. The van der Waals surface area contributed by atoms with Crippen LogP contribution in [-0.4, -0.2) is 23.5 Å². The number of rotatable bonds is 0. The summed E-state index contributed by atoms with van der Waals surface area (Å²) in [6.07, 6.45) is 5.24. The van der Waals surface area contributed by atoms with Gasteiger partial charge < -0.3 is 4.74 Å². The molecule has 0 bridgehead atoms. The molecule has 1 spiro atoms. The first-order valence-corrected chi connectivity index (χ1v) is 11.7. The summed E-state index contributed by atoms with van der Waals surface area (Å²) in [5.41, 5.74) is 0.333. The standard InChI is InChI=1S/C25H33FO3/c1-12-13(2)20-21-15-10-17(15)25(8-6-19(28)29-25)24(21,4)11-18(26)22(20)23(3)7-5-14(27)9-16(12)23/h9,12-13,15,17-18,20-22H,5-8,10-11H2,1-4H3/t12-,13?,15-,17+,18+,20?,21?,22?,23+,24+,25?/m1/s1. The van der Waals surface area contributed by atoms with Gasteiger partial charge in [0, 0.05) is 30.1 Å². The fourth-order valence-corrected chi connectivity index (χ4v) is 9.64. The molecule has 0 aromatic carbocycles. The average Bonchev–Trinajstić information content (AvgIpc) is 3.29. The molecule has 6 aliphatic rings. The monoisotopic (exact) mass is 400 g/mol. The summed E-state index contributed by atoms with van der Waals surface area (Å²) < 4.78 is 22.3. The van der Waals surface area contributed by atoms with E-state index in [1.807, 2.05) is 6.08 Å². The predicted octanol–water partition coefficient (Wildman–Crippen LogP) is 4.89. The van der Waals surface area contributed by atoms with Crippen molar-refractivity contribution in [2.75, 3.05) is 0 Å². The molecule has 11 atom stereocenters. The van der Waals surface area contributed by atoms with Crippen molar-refractivity contribution < 1.29 is 18.7 Å². The number of carbonyl (C=O) groups excluding carboxylic acids is 2. The van der Waals surface area contributed by atoms with E-state index in [0.29, 0.717) is 54.8 Å². The summed E-state index contributed by atoms with van der Waals surface area (Å²) in [4.78, 5) is 24.4. The molecule has 4 saturated carbocycles. The highest BCUT2D eigenvalue weighted by molar-refractivity contribution is 5.91. The maximum Gasteiger partial charge on any atom is 0.306 e. The zero-order chi connectivity index (χ0) is 20.5. The van der Waals surface area contributed by atoms with Gasteiger partial charge in [0.05, 0.1) is 0 Å². The second-order valence-electron chi connectivity index (χ2n) is 11.8. The summed E-state index contributed by atoms with van der Waals surface area (Å²) >= 11 is 0. The Morgan fingerprint density at radius 2 is 1.86 bits per heavy atom. The van der Waals surface area contributed by atoms with Crippen molar-refractivity contribution in [3.05, 3.63) is 11.6 Å². The molecule has 0 N–H and O–H groups in total. The number of alkyl halides is 1. The van der Waals surface area contributed by atoms with Crippen LogP contribution in [0.1, 0.15) is 66.2 Å². The zero-order valence-corrected chi connectivity index (χ0v) is 18.0. The Morgan fingerprint density at radius 1 is 1.10 bits per heavy atom. The van der Waals surface area contributed by atoms with Gasteiger partial charge in [-0.2, -0.15) is 0 Å². The molecule has 1 aliphatic heterocycles. The minimum absolute atomic E-state index is 0.0142. The largest absolute Gasteiger partial charge is 0.458 e. The lowest BCUT2D eigenvalue weighted by atomic mass is 9.41. The van der Waals surface area contributed by atoms with Gasteiger partial charge in [-0.05, 0) is 66.8 Å². The Labute approximate surface area is 172 Å². The van der Waals surface area contributed by atoms with Crippen molar-refractivity contribution in [3.8, 4) is 0 Å². The number of halogens is 1. The number of ketones is 1. The molecule has 1 saturated heterocycles. The van der Waals surface area contributed by atoms with Crippen LogP contribution in [-0.2, 0) is 14.3 Å². The van der Waals surface area contributed by atoms with Crippen LogP contribution in [0, 0.1) is 52.3 Å². The molecule has 29 heavy (non-hydrogen) atoms. The topological polar surface area (TPSA) is 43.4 Å². The van der Waals surface area contributed by atoms with Crippen LogP contribution in [0.5, 0.6) is 0 Å². The molecular weight excluding hydrogens is 367 g/mol. The van der Waals surface area contributed by atoms with Gasteiger partial charge in [-0.25, -0.2) is 4.39 Å². The third kappa shape index (κ3) is 1.96. The van der Waals surface area contributed by atoms with E-state index in [1.54, 1.807) is 0 Å². The summed E-state index contributed by atoms with van der Waals surface area (Å²) in [5, 5.41) is 0. The van der Waals surface area contributed by atoms with E-state index < -0.39 is 11.8 Å². The Balaban J connectivity index is 1.49. The highest BCUT2D eigenvalue weighted by Crippen LogP contribution is 2.80. The quantitative estimate of drug-likeness (QED) is 0.544. The van der Waals surface area contributed by atoms with Gasteiger partial charge >= 0.3 is 5.97 Å². The van der Waals surface area contributed by atoms with Gasteiger partial charge in [-0.1, -0.05) is 33.3 Å². The van der Waals surface area contributed by atoms with E-state index in [4.69, 9.17) is 4.74 Å². The molecule has 158 valence electrons. The first-order chi connectivity index (χ1) is 13.6. The van der Waals surface area contributed by atoms with Gasteiger partial charge in [-0.15, -0.1) is 0 Å². The summed E-state index contributed by atoms with van der Waals surface area (Å²) in [6, 6.07) is 0. The Hall–Kier alpha value is -1.19. The molecule has 6 rings (SSSR count). The normalized spacial score (nSPS) is 60.1. The van der Waals surface area contributed by atoms with E-state index in [0.717, 1.165) is 19.3 Å². The number of carbonyl (C=O) groups is 2. The molecule has 5 unspecified atom stereocenters. The van der Waals surface area contributed by atoms with Crippen molar-refractivity contribution in [3.63, 3.8) is 0 Å². The maximum atomic E-state index is 16.2. The van der Waals surface area contributed by atoms with E-state index in [-0.39, 0.29) is 28.5 Å². The fraction of sp³-hybridized carbons (Fsp3) is 0.840. The second kappa shape index (κ2) is 5.34. The second-order valence-corrected chi connectivity index (χ2v) is 11.8. The number of fused-ring (bicyclic) bond motifs is 9. The molecule has 0 aromatic heterocycles. The van der Waals surface area contributed by atoms with Gasteiger partial charge in [0.1, 0.15) is 11.8 Å². The van der Waals surface area contributed by atoms with Crippen LogP contribution in [0.3, 0.4) is 0 Å². The molecule has 5 aliphatic carbocycles. The number of esters is 1. The third-order valence-corrected chi connectivity index (χ3v) is 10.9. The van der Waals surface area contributed by atoms with Crippen LogP contribution < -0.4 is 0 Å². The highest BCUT2D eigenvalue weighted by atomic mass is 19.1. The van der Waals surface area contributed by atoms with E-state index in [1.165, 1.54) is 5.57 Å². The molecule has 0 radical (unpaired) electrons. The van der Waals surface area contributed by atoms with Crippen molar-refractivity contribution in [1.29, 1.82) is 0 Å². The number of hydrogen-bond acceptors (Lipinski definition) is 3. The van der Waals surface area contributed by atoms with Crippen LogP contribution >= 0.6 is 0 Å². The van der Waals surface area contributed by atoms with E-state index in [2.05, 4.69) is 27.7 Å². The maximum absolute atomic E-state index is 16.2. The van der Waals surface area contributed by atoms with Gasteiger partial charge in [0.15, 0.2) is 5.78 Å². The smallest absolute Gasteiger partial charge is 0.306 e. The lowest BCUT2D eigenvalue weighted by molar-refractivity contribution is -0.195. The van der Waals surface area contributed by atoms with Crippen LogP contribution in [0.15, 0.2) is 11.6 Å². The van der Waals surface area contributed by atoms with Crippen LogP contribution in [0.2, 0.25) is 0 Å². The predicted molar refractivity (Wildman–Crippen MR) is 107 cm³/mol. The summed E-state index contributed by atoms with van der Waals surface area (Å²) in [7, 11) is 0. The number of hydrogen-bond donors (Lipinski definition) is 0. The van der Waals surface area contributed by atoms with Crippen molar-refractivity contribution >= 4 is 11.8 Å². The summed E-state index contributed by atoms with van der Waals surface area (Å²) in [6.45, 7) is 9.04. The van der Waals surface area contributed by atoms with Crippen molar-refractivity contribution in [2.45, 2.75) is 78.0 Å². The van der Waals surface area contributed by atoms with Crippen molar-refractivity contribution in [2.24, 2.45) is 52.3 Å². The molecular formula is C25H33FO3. The number of allylic oxidation sites excluding steroid dienone is 1. The first kappa shape index (κ1) is 18.6. The van der Waals surface area contributed by atoms with Gasteiger partial charge in [0.25, 0.3) is 0 Å². The van der Waals surface area contributed by atoms with Gasteiger partial charge in [-0.3, -0.25) is 9.59 Å². The minimum Gasteiger partial charge on any atom is -0.458 e. The lowest BCUT2D eigenvalue weighted by Gasteiger charge is -2.64. The van der Waals surface area contributed by atoms with E-state index in [9.17, 15) is 9.59 Å². The minimum atomic E-state index is -0.897. The SMILES string of the molecule is CC1C2C([C@@H](F)C[C@@]3(C)C2[C@@H]2C[C@@H]2C32CCC(=O)O2)[C@@]2(C)CCC(=O)C=C2[C@@H]1C. The van der Waals surface area contributed by atoms with Gasteiger partial charge in [0.2, 0.25) is 0 Å².